The maximum absolute atomic E-state index is 4.04. The van der Waals surface area contributed by atoms with Crippen LogP contribution in [0.2, 0.25) is 0 Å². The quantitative estimate of drug-likeness (QED) is 0.507. The van der Waals surface area contributed by atoms with Crippen LogP contribution in [-0.4, -0.2) is 0 Å². The third-order valence-electron chi connectivity index (χ3n) is 4.45. The van der Waals surface area contributed by atoms with E-state index in [1.54, 1.807) is 0 Å². The molecule has 0 saturated heterocycles. The molecule has 17 heavy (non-hydrogen) atoms. The Labute approximate surface area is 108 Å². The van der Waals surface area contributed by atoms with Crippen LogP contribution < -0.4 is 0 Å². The van der Waals surface area contributed by atoms with Crippen molar-refractivity contribution in [3.05, 3.63) is 24.8 Å². The van der Waals surface area contributed by atoms with E-state index in [1.165, 1.54) is 44.9 Å². The maximum atomic E-state index is 4.04. The molecule has 0 aromatic rings. The molecule has 0 spiro atoms. The van der Waals surface area contributed by atoms with Gasteiger partial charge >= 0.3 is 0 Å². The van der Waals surface area contributed by atoms with Crippen LogP contribution in [0.15, 0.2) is 24.8 Å². The van der Waals surface area contributed by atoms with Gasteiger partial charge in [-0.3, -0.25) is 0 Å². The summed E-state index contributed by atoms with van der Waals surface area (Å²) in [5.74, 6) is 1.55. The van der Waals surface area contributed by atoms with Gasteiger partial charge in [0.15, 0.2) is 0 Å². The second-order valence-electron chi connectivity index (χ2n) is 6.45. The summed E-state index contributed by atoms with van der Waals surface area (Å²) in [5.41, 5.74) is 0.420. The predicted octanol–water partition coefficient (Wildman–Crippen LogP) is 5.75. The molecule has 98 valence electrons. The molecule has 1 aliphatic rings. The molecule has 0 heteroatoms. The lowest BCUT2D eigenvalue weighted by Crippen LogP contribution is -2.23. The molecule has 2 atom stereocenters. The summed E-state index contributed by atoms with van der Waals surface area (Å²) in [7, 11) is 0. The monoisotopic (exact) mass is 234 g/mol. The average molecular weight is 234 g/mol. The Morgan fingerprint density at radius 2 is 1.82 bits per heavy atom. The molecule has 2 unspecified atom stereocenters. The number of hydrogen-bond donors (Lipinski definition) is 0. The lowest BCUT2D eigenvalue weighted by Gasteiger charge is -2.33. The van der Waals surface area contributed by atoms with Crippen LogP contribution >= 0.6 is 0 Å². The molecule has 0 bridgehead atoms. The van der Waals surface area contributed by atoms with Crippen LogP contribution in [-0.2, 0) is 0 Å². The van der Waals surface area contributed by atoms with Gasteiger partial charge in [-0.05, 0) is 49.4 Å². The van der Waals surface area contributed by atoms with Crippen LogP contribution in [0.25, 0.3) is 0 Å². The van der Waals surface area contributed by atoms with E-state index in [9.17, 15) is 0 Å². The molecule has 0 nitrogen and oxygen atoms in total. The second kappa shape index (κ2) is 7.03. The Balaban J connectivity index is 2.66. The van der Waals surface area contributed by atoms with Crippen LogP contribution in [0.3, 0.4) is 0 Å². The zero-order chi connectivity index (χ0) is 12.7. The summed E-state index contributed by atoms with van der Waals surface area (Å²) in [6, 6.07) is 0. The molecule has 1 aliphatic carbocycles. The summed E-state index contributed by atoms with van der Waals surface area (Å²) in [4.78, 5) is 0. The molecule has 0 heterocycles. The molecule has 0 amide bonds. The first-order valence-electron chi connectivity index (χ1n) is 7.34. The fourth-order valence-corrected chi connectivity index (χ4v) is 2.87. The van der Waals surface area contributed by atoms with E-state index in [-0.39, 0.29) is 0 Å². The summed E-state index contributed by atoms with van der Waals surface area (Å²) in [6.45, 7) is 11.3. The fraction of sp³-hybridized carbons (Fsp3) is 0.765. The van der Waals surface area contributed by atoms with E-state index >= 15 is 0 Å². The Morgan fingerprint density at radius 1 is 1.12 bits per heavy atom. The van der Waals surface area contributed by atoms with E-state index < -0.39 is 0 Å². The topological polar surface area (TPSA) is 0 Å². The Kier molecular flexibility index (Phi) is 6.02. The van der Waals surface area contributed by atoms with Crippen LogP contribution in [0.4, 0.5) is 0 Å². The van der Waals surface area contributed by atoms with Crippen molar-refractivity contribution in [2.75, 3.05) is 0 Å². The molecule has 0 radical (unpaired) electrons. The van der Waals surface area contributed by atoms with Crippen molar-refractivity contribution in [2.45, 2.75) is 65.7 Å². The Bertz CT molecular complexity index is 247. The molecule has 0 aromatic heterocycles. The minimum Gasteiger partial charge on any atom is -0.103 e. The minimum atomic E-state index is 0.420. The van der Waals surface area contributed by atoms with Crippen LogP contribution in [0.5, 0.6) is 0 Å². The highest BCUT2D eigenvalue weighted by Gasteiger charge is 2.26. The molecular formula is C17H30. The largest absolute Gasteiger partial charge is 0.103 e. The first kappa shape index (κ1) is 14.5. The number of hydrogen-bond acceptors (Lipinski definition) is 0. The van der Waals surface area contributed by atoms with Gasteiger partial charge in [-0.25, -0.2) is 0 Å². The van der Waals surface area contributed by atoms with Crippen molar-refractivity contribution in [1.29, 1.82) is 0 Å². The Hall–Kier alpha value is -0.520. The Morgan fingerprint density at radius 3 is 2.53 bits per heavy atom. The van der Waals surface area contributed by atoms with Gasteiger partial charge in [-0.15, -0.1) is 6.58 Å². The van der Waals surface area contributed by atoms with E-state index in [4.69, 9.17) is 0 Å². The average Bonchev–Trinajstić information content (AvgIpc) is 2.28. The zero-order valence-corrected chi connectivity index (χ0v) is 12.0. The summed E-state index contributed by atoms with van der Waals surface area (Å²) in [5, 5.41) is 0. The zero-order valence-electron chi connectivity index (χ0n) is 12.0. The summed E-state index contributed by atoms with van der Waals surface area (Å²) in [6.07, 6.45) is 16.2. The molecule has 0 saturated carbocycles. The normalized spacial score (nSPS) is 31.2. The van der Waals surface area contributed by atoms with Gasteiger partial charge in [0.1, 0.15) is 0 Å². The summed E-state index contributed by atoms with van der Waals surface area (Å²) >= 11 is 0. The van der Waals surface area contributed by atoms with Crippen molar-refractivity contribution in [1.82, 2.24) is 0 Å². The minimum absolute atomic E-state index is 0.420. The van der Waals surface area contributed by atoms with E-state index in [2.05, 4.69) is 45.6 Å². The van der Waals surface area contributed by atoms with Gasteiger partial charge in [0, 0.05) is 0 Å². The lowest BCUT2D eigenvalue weighted by molar-refractivity contribution is 0.206. The molecule has 0 fully saturated rings. The molecule has 0 aromatic carbocycles. The summed E-state index contributed by atoms with van der Waals surface area (Å²) < 4.78 is 0. The van der Waals surface area contributed by atoms with Crippen LogP contribution in [0.1, 0.15) is 65.7 Å². The van der Waals surface area contributed by atoms with Gasteiger partial charge in [0.25, 0.3) is 0 Å². The first-order chi connectivity index (χ1) is 8.06. The number of allylic oxidation sites excluding steroid dienone is 3. The molecule has 1 rings (SSSR count). The second-order valence-corrected chi connectivity index (χ2v) is 6.45. The molecule has 0 aliphatic heterocycles. The smallest absolute Gasteiger partial charge is 0.0182 e. The standard InChI is InChI=1S/C17H30/c1-5-16-12-10-8-6-7-9-11-15(2)13-14-17(16,3)4/h5-6,8,15-16H,1,7,9-14H2,2-4H3. The highest BCUT2D eigenvalue weighted by molar-refractivity contribution is 4.93. The molecular weight excluding hydrogens is 204 g/mol. The van der Waals surface area contributed by atoms with Crippen molar-refractivity contribution in [3.63, 3.8) is 0 Å². The number of rotatable bonds is 1. The maximum Gasteiger partial charge on any atom is -0.0182 e. The van der Waals surface area contributed by atoms with Gasteiger partial charge in [0.05, 0.1) is 0 Å². The third kappa shape index (κ3) is 5.10. The highest BCUT2D eigenvalue weighted by Crippen LogP contribution is 2.37. The third-order valence-corrected chi connectivity index (χ3v) is 4.45. The van der Waals surface area contributed by atoms with E-state index in [0.29, 0.717) is 11.3 Å². The van der Waals surface area contributed by atoms with Gasteiger partial charge in [0.2, 0.25) is 0 Å². The highest BCUT2D eigenvalue weighted by atomic mass is 14.3. The molecule has 0 N–H and O–H groups in total. The first-order valence-corrected chi connectivity index (χ1v) is 7.34. The van der Waals surface area contributed by atoms with Gasteiger partial charge in [-0.1, -0.05) is 51.8 Å². The van der Waals surface area contributed by atoms with E-state index in [1.807, 2.05) is 0 Å². The van der Waals surface area contributed by atoms with E-state index in [0.717, 1.165) is 5.92 Å². The fourth-order valence-electron chi connectivity index (χ4n) is 2.87. The van der Waals surface area contributed by atoms with Gasteiger partial charge < -0.3 is 0 Å². The lowest BCUT2D eigenvalue weighted by atomic mass is 9.72. The van der Waals surface area contributed by atoms with Crippen molar-refractivity contribution >= 4 is 0 Å². The van der Waals surface area contributed by atoms with Crippen LogP contribution in [0, 0.1) is 17.3 Å². The van der Waals surface area contributed by atoms with Crippen molar-refractivity contribution in [2.24, 2.45) is 17.3 Å². The predicted molar refractivity (Wildman–Crippen MR) is 78.1 cm³/mol. The SMILES string of the molecule is C=CC1CCC=CCCCC(C)CCC1(C)C. The van der Waals surface area contributed by atoms with Crippen molar-refractivity contribution in [3.8, 4) is 0 Å². The van der Waals surface area contributed by atoms with Crippen molar-refractivity contribution < 1.29 is 0 Å². The van der Waals surface area contributed by atoms with Gasteiger partial charge in [-0.2, -0.15) is 0 Å².